The molecule has 0 bridgehead atoms. The Morgan fingerprint density at radius 1 is 0.947 bits per heavy atom. The van der Waals surface area contributed by atoms with Crippen LogP contribution in [0.15, 0.2) is 36.4 Å². The Hall–Kier alpha value is -1.52. The molecule has 2 aromatic rings. The summed E-state index contributed by atoms with van der Waals surface area (Å²) in [5.41, 5.74) is 0. The van der Waals surface area contributed by atoms with E-state index in [0.717, 1.165) is 18.0 Å². The fourth-order valence-corrected chi connectivity index (χ4v) is 2.67. The largest absolute Gasteiger partial charge is 0.494 e. The van der Waals surface area contributed by atoms with Crippen LogP contribution in [0.1, 0.15) is 16.7 Å². The van der Waals surface area contributed by atoms with E-state index in [1.807, 2.05) is 38.2 Å². The van der Waals surface area contributed by atoms with Gasteiger partial charge in [0.2, 0.25) is 0 Å². The third kappa shape index (κ3) is 4.26. The molecule has 102 valence electrons. The van der Waals surface area contributed by atoms with Crippen molar-refractivity contribution < 1.29 is 9.47 Å². The normalized spacial score (nSPS) is 10.4. The molecule has 0 unspecified atom stereocenters. The van der Waals surface area contributed by atoms with E-state index in [9.17, 15) is 0 Å². The van der Waals surface area contributed by atoms with Gasteiger partial charge in [-0.2, -0.15) is 0 Å². The number of hydrogen-bond acceptors (Lipinski definition) is 4. The maximum Gasteiger partial charge on any atom is 0.122 e. The van der Waals surface area contributed by atoms with Crippen LogP contribution in [0.3, 0.4) is 0 Å². The average Bonchev–Trinajstić information content (AvgIpc) is 2.87. The molecule has 2 rings (SSSR count). The van der Waals surface area contributed by atoms with Crippen LogP contribution in [0, 0.1) is 0 Å². The van der Waals surface area contributed by atoms with E-state index in [-0.39, 0.29) is 0 Å². The van der Waals surface area contributed by atoms with Crippen molar-refractivity contribution in [3.63, 3.8) is 0 Å². The first-order valence-electron chi connectivity index (χ1n) is 6.39. The predicted octanol–water partition coefficient (Wildman–Crippen LogP) is 3.45. The van der Waals surface area contributed by atoms with Crippen molar-refractivity contribution in [1.82, 2.24) is 5.32 Å². The van der Waals surface area contributed by atoms with E-state index in [2.05, 4.69) is 17.4 Å². The summed E-state index contributed by atoms with van der Waals surface area (Å²) in [5, 5.41) is 3.14. The molecule has 0 aliphatic rings. The maximum atomic E-state index is 5.75. The van der Waals surface area contributed by atoms with Crippen LogP contribution in [0.4, 0.5) is 0 Å². The summed E-state index contributed by atoms with van der Waals surface area (Å²) in [4.78, 5) is 2.56. The molecule has 0 saturated carbocycles. The molecule has 1 aromatic carbocycles. The highest BCUT2D eigenvalue weighted by atomic mass is 32.1. The van der Waals surface area contributed by atoms with E-state index < -0.39 is 0 Å². The first-order chi connectivity index (χ1) is 9.31. The number of rotatable bonds is 7. The summed E-state index contributed by atoms with van der Waals surface area (Å²) in [7, 11) is 1.95. The van der Waals surface area contributed by atoms with Crippen LogP contribution in [0.25, 0.3) is 0 Å². The van der Waals surface area contributed by atoms with Crippen LogP contribution in [-0.2, 0) is 13.2 Å². The van der Waals surface area contributed by atoms with E-state index in [4.69, 9.17) is 9.47 Å². The van der Waals surface area contributed by atoms with Crippen molar-refractivity contribution in [3.8, 4) is 11.5 Å². The maximum absolute atomic E-state index is 5.75. The van der Waals surface area contributed by atoms with Gasteiger partial charge >= 0.3 is 0 Å². The second-order valence-corrected chi connectivity index (χ2v) is 5.34. The first kappa shape index (κ1) is 13.9. The number of benzene rings is 1. The topological polar surface area (TPSA) is 30.5 Å². The van der Waals surface area contributed by atoms with Gasteiger partial charge in [-0.3, -0.25) is 0 Å². The zero-order valence-electron chi connectivity index (χ0n) is 11.3. The lowest BCUT2D eigenvalue weighted by molar-refractivity contribution is 0.307. The van der Waals surface area contributed by atoms with Gasteiger partial charge in [0.15, 0.2) is 0 Å². The first-order valence-corrected chi connectivity index (χ1v) is 7.21. The molecule has 0 saturated heterocycles. The summed E-state index contributed by atoms with van der Waals surface area (Å²) < 4.78 is 11.1. The van der Waals surface area contributed by atoms with Crippen molar-refractivity contribution in [2.45, 2.75) is 20.1 Å². The van der Waals surface area contributed by atoms with Crippen molar-refractivity contribution >= 4 is 11.3 Å². The molecule has 0 aliphatic heterocycles. The number of thiophene rings is 1. The molecular formula is C15H19NO2S. The highest BCUT2D eigenvalue weighted by Gasteiger charge is 2.01. The van der Waals surface area contributed by atoms with Gasteiger partial charge in [0.25, 0.3) is 0 Å². The van der Waals surface area contributed by atoms with Gasteiger partial charge in [0.1, 0.15) is 18.1 Å². The highest BCUT2D eigenvalue weighted by Crippen LogP contribution is 2.21. The van der Waals surface area contributed by atoms with E-state index in [1.165, 1.54) is 9.75 Å². The molecule has 1 heterocycles. The Labute approximate surface area is 118 Å². The van der Waals surface area contributed by atoms with Crippen LogP contribution >= 0.6 is 11.3 Å². The zero-order valence-corrected chi connectivity index (χ0v) is 12.1. The molecule has 0 aliphatic carbocycles. The van der Waals surface area contributed by atoms with Gasteiger partial charge in [-0.15, -0.1) is 11.3 Å². The van der Waals surface area contributed by atoms with Crippen molar-refractivity contribution in [1.29, 1.82) is 0 Å². The summed E-state index contributed by atoms with van der Waals surface area (Å²) in [6.07, 6.45) is 0. The fraction of sp³-hybridized carbons (Fsp3) is 0.333. The third-order valence-electron chi connectivity index (χ3n) is 2.58. The Balaban J connectivity index is 1.86. The summed E-state index contributed by atoms with van der Waals surface area (Å²) in [6.45, 7) is 4.18. The smallest absolute Gasteiger partial charge is 0.122 e. The monoisotopic (exact) mass is 277 g/mol. The Morgan fingerprint density at radius 3 is 2.21 bits per heavy atom. The SMILES string of the molecule is CCOc1ccc(OCc2ccc(CNC)s2)cc1. The van der Waals surface area contributed by atoms with E-state index in [1.54, 1.807) is 11.3 Å². The van der Waals surface area contributed by atoms with Crippen LogP contribution in [0.5, 0.6) is 11.5 Å². The molecule has 3 nitrogen and oxygen atoms in total. The Morgan fingerprint density at radius 2 is 1.58 bits per heavy atom. The summed E-state index contributed by atoms with van der Waals surface area (Å²) >= 11 is 1.78. The van der Waals surface area contributed by atoms with Crippen molar-refractivity contribution in [2.24, 2.45) is 0 Å². The minimum absolute atomic E-state index is 0.613. The fourth-order valence-electron chi connectivity index (χ4n) is 1.72. The van der Waals surface area contributed by atoms with Gasteiger partial charge in [-0.1, -0.05) is 0 Å². The number of nitrogens with one attached hydrogen (secondary N) is 1. The molecule has 0 atom stereocenters. The molecule has 4 heteroatoms. The second-order valence-electron chi connectivity index (χ2n) is 4.09. The zero-order chi connectivity index (χ0) is 13.5. The Bertz CT molecular complexity index is 493. The van der Waals surface area contributed by atoms with Crippen LogP contribution in [0.2, 0.25) is 0 Å². The lowest BCUT2D eigenvalue weighted by Crippen LogP contribution is -2.02. The van der Waals surface area contributed by atoms with Gasteiger partial charge in [-0.05, 0) is 50.4 Å². The molecule has 0 fully saturated rings. The van der Waals surface area contributed by atoms with Gasteiger partial charge in [0.05, 0.1) is 6.61 Å². The van der Waals surface area contributed by atoms with Crippen LogP contribution < -0.4 is 14.8 Å². The molecule has 0 radical (unpaired) electrons. The van der Waals surface area contributed by atoms with Crippen molar-refractivity contribution in [2.75, 3.05) is 13.7 Å². The van der Waals surface area contributed by atoms with Gasteiger partial charge < -0.3 is 14.8 Å². The van der Waals surface area contributed by atoms with Crippen molar-refractivity contribution in [3.05, 3.63) is 46.2 Å². The summed E-state index contributed by atoms with van der Waals surface area (Å²) in [6, 6.07) is 12.0. The standard InChI is InChI=1S/C15H19NO2S/c1-3-17-12-4-6-13(7-5-12)18-11-15-9-8-14(19-15)10-16-2/h4-9,16H,3,10-11H2,1-2H3. The van der Waals surface area contributed by atoms with Crippen LogP contribution in [-0.4, -0.2) is 13.7 Å². The lowest BCUT2D eigenvalue weighted by Gasteiger charge is -2.06. The minimum atomic E-state index is 0.613. The highest BCUT2D eigenvalue weighted by molar-refractivity contribution is 7.11. The van der Waals surface area contributed by atoms with E-state index in [0.29, 0.717) is 13.2 Å². The van der Waals surface area contributed by atoms with Gasteiger partial charge in [0, 0.05) is 16.3 Å². The molecule has 0 amide bonds. The molecular weight excluding hydrogens is 258 g/mol. The molecule has 1 N–H and O–H groups in total. The van der Waals surface area contributed by atoms with E-state index >= 15 is 0 Å². The quantitative estimate of drug-likeness (QED) is 0.841. The van der Waals surface area contributed by atoms with Gasteiger partial charge in [-0.25, -0.2) is 0 Å². The molecule has 19 heavy (non-hydrogen) atoms. The summed E-state index contributed by atoms with van der Waals surface area (Å²) in [5.74, 6) is 1.74. The molecule has 0 spiro atoms. The number of ether oxygens (including phenoxy) is 2. The second kappa shape index (κ2) is 7.16. The third-order valence-corrected chi connectivity index (χ3v) is 3.64. The minimum Gasteiger partial charge on any atom is -0.494 e. The number of hydrogen-bond donors (Lipinski definition) is 1. The Kier molecular flexibility index (Phi) is 5.24. The average molecular weight is 277 g/mol. The molecule has 1 aromatic heterocycles. The lowest BCUT2D eigenvalue weighted by atomic mass is 10.3. The predicted molar refractivity (Wildman–Crippen MR) is 79.0 cm³/mol.